The number of rotatable bonds is 5. The monoisotopic (exact) mass is 353 g/mol. The van der Waals surface area contributed by atoms with Gasteiger partial charge in [0.1, 0.15) is 5.75 Å². The molecule has 0 bridgehead atoms. The molecule has 25 heavy (non-hydrogen) atoms. The van der Waals surface area contributed by atoms with Crippen LogP contribution in [0.15, 0.2) is 54.9 Å². The second-order valence-electron chi connectivity index (χ2n) is 5.79. The zero-order valence-corrected chi connectivity index (χ0v) is 14.9. The molecule has 0 fully saturated rings. The van der Waals surface area contributed by atoms with Gasteiger partial charge < -0.3 is 15.0 Å². The Morgan fingerprint density at radius 1 is 1.24 bits per heavy atom. The van der Waals surface area contributed by atoms with E-state index in [1.807, 2.05) is 67.1 Å². The van der Waals surface area contributed by atoms with Crippen molar-refractivity contribution in [2.75, 3.05) is 11.9 Å². The zero-order valence-electron chi connectivity index (χ0n) is 14.1. The van der Waals surface area contributed by atoms with Gasteiger partial charge in [-0.05, 0) is 55.9 Å². The molecule has 0 aliphatic rings. The number of amides is 1. The molecule has 0 saturated carbocycles. The third-order valence-corrected chi connectivity index (χ3v) is 4.06. The summed E-state index contributed by atoms with van der Waals surface area (Å²) < 4.78 is 8.04. The number of H-pyrrole nitrogens is 1. The molecule has 2 aromatic carbocycles. The number of ether oxygens (including phenoxy) is 1. The van der Waals surface area contributed by atoms with Crippen LogP contribution in [0.25, 0.3) is 5.69 Å². The Labute approximate surface area is 151 Å². The standard InChI is InChI=1S/C19H19N3O2S/c1-13-6-7-17(14(2)10-13)24-12-18(23)21-15-4-3-5-16(11-15)22-9-8-20-19(22)25/h3-11H,12H2,1-2H3,(H,20,25)(H,21,23). The van der Waals surface area contributed by atoms with E-state index in [2.05, 4.69) is 10.3 Å². The number of anilines is 1. The van der Waals surface area contributed by atoms with Gasteiger partial charge in [0.2, 0.25) is 0 Å². The van der Waals surface area contributed by atoms with Crippen molar-refractivity contribution in [3.05, 3.63) is 70.8 Å². The summed E-state index contributed by atoms with van der Waals surface area (Å²) in [5.74, 6) is 0.503. The largest absolute Gasteiger partial charge is 0.483 e. The summed E-state index contributed by atoms with van der Waals surface area (Å²) in [6.45, 7) is 3.94. The number of hydrogen-bond acceptors (Lipinski definition) is 3. The highest BCUT2D eigenvalue weighted by Crippen LogP contribution is 2.19. The van der Waals surface area contributed by atoms with Gasteiger partial charge in [-0.3, -0.25) is 9.36 Å². The summed E-state index contributed by atoms with van der Waals surface area (Å²) in [5.41, 5.74) is 3.74. The first-order valence-electron chi connectivity index (χ1n) is 7.89. The summed E-state index contributed by atoms with van der Waals surface area (Å²) in [6.07, 6.45) is 3.61. The number of aromatic amines is 1. The van der Waals surface area contributed by atoms with Crippen molar-refractivity contribution in [1.29, 1.82) is 0 Å². The number of nitrogens with one attached hydrogen (secondary N) is 2. The van der Waals surface area contributed by atoms with Crippen LogP contribution in [0.3, 0.4) is 0 Å². The minimum Gasteiger partial charge on any atom is -0.483 e. The van der Waals surface area contributed by atoms with Crippen molar-refractivity contribution < 1.29 is 9.53 Å². The van der Waals surface area contributed by atoms with Gasteiger partial charge in [-0.15, -0.1) is 0 Å². The van der Waals surface area contributed by atoms with Crippen LogP contribution in [0, 0.1) is 18.6 Å². The molecule has 0 aliphatic carbocycles. The molecule has 6 heteroatoms. The topological polar surface area (TPSA) is 59.0 Å². The number of carbonyl (C=O) groups is 1. The molecule has 128 valence electrons. The molecule has 1 aromatic heterocycles. The average Bonchev–Trinajstić information content (AvgIpc) is 3.00. The fraction of sp³-hybridized carbons (Fsp3) is 0.158. The Balaban J connectivity index is 1.65. The molecule has 3 rings (SSSR count). The highest BCUT2D eigenvalue weighted by atomic mass is 32.1. The van der Waals surface area contributed by atoms with Crippen LogP contribution in [0.1, 0.15) is 11.1 Å². The maximum absolute atomic E-state index is 12.2. The normalized spacial score (nSPS) is 10.5. The van der Waals surface area contributed by atoms with Crippen molar-refractivity contribution in [2.24, 2.45) is 0 Å². The molecule has 0 unspecified atom stereocenters. The molecule has 1 amide bonds. The smallest absolute Gasteiger partial charge is 0.262 e. The molecule has 3 aromatic rings. The Bertz CT molecular complexity index is 959. The van der Waals surface area contributed by atoms with E-state index in [9.17, 15) is 4.79 Å². The van der Waals surface area contributed by atoms with Gasteiger partial charge in [-0.1, -0.05) is 23.8 Å². The molecule has 0 saturated heterocycles. The molecule has 0 spiro atoms. The molecular formula is C19H19N3O2S. The van der Waals surface area contributed by atoms with Gasteiger partial charge in [-0.2, -0.15) is 0 Å². The lowest BCUT2D eigenvalue weighted by Crippen LogP contribution is -2.20. The fourth-order valence-electron chi connectivity index (χ4n) is 2.56. The van der Waals surface area contributed by atoms with Gasteiger partial charge in [-0.25, -0.2) is 0 Å². The number of carbonyl (C=O) groups excluding carboxylic acids is 1. The second kappa shape index (κ2) is 7.36. The Morgan fingerprint density at radius 2 is 2.08 bits per heavy atom. The quantitative estimate of drug-likeness (QED) is 0.677. The minimum absolute atomic E-state index is 0.0439. The highest BCUT2D eigenvalue weighted by molar-refractivity contribution is 7.71. The summed E-state index contributed by atoms with van der Waals surface area (Å²) in [6, 6.07) is 13.3. The first-order valence-corrected chi connectivity index (χ1v) is 8.30. The van der Waals surface area contributed by atoms with Gasteiger partial charge in [0.15, 0.2) is 11.4 Å². The second-order valence-corrected chi connectivity index (χ2v) is 6.18. The van der Waals surface area contributed by atoms with Crippen molar-refractivity contribution >= 4 is 23.8 Å². The van der Waals surface area contributed by atoms with E-state index in [1.54, 1.807) is 6.20 Å². The van der Waals surface area contributed by atoms with Crippen LogP contribution in [0.5, 0.6) is 5.75 Å². The van der Waals surface area contributed by atoms with E-state index in [-0.39, 0.29) is 12.5 Å². The summed E-state index contributed by atoms with van der Waals surface area (Å²) in [4.78, 5) is 15.1. The Hall–Kier alpha value is -2.86. The van der Waals surface area contributed by atoms with Crippen LogP contribution < -0.4 is 10.1 Å². The van der Waals surface area contributed by atoms with E-state index in [0.717, 1.165) is 16.8 Å². The first-order chi connectivity index (χ1) is 12.0. The molecule has 0 atom stereocenters. The summed E-state index contributed by atoms with van der Waals surface area (Å²) >= 11 is 5.22. The molecule has 1 heterocycles. The average molecular weight is 353 g/mol. The number of hydrogen-bond donors (Lipinski definition) is 2. The van der Waals surface area contributed by atoms with Gasteiger partial charge in [0.05, 0.1) is 0 Å². The number of nitrogens with zero attached hydrogens (tertiary/aromatic N) is 1. The molecule has 2 N–H and O–H groups in total. The fourth-order valence-corrected chi connectivity index (χ4v) is 2.79. The third-order valence-electron chi connectivity index (χ3n) is 3.75. The summed E-state index contributed by atoms with van der Waals surface area (Å²) in [7, 11) is 0. The van der Waals surface area contributed by atoms with Gasteiger partial charge >= 0.3 is 0 Å². The van der Waals surface area contributed by atoms with E-state index in [4.69, 9.17) is 17.0 Å². The zero-order chi connectivity index (χ0) is 17.8. The molecular weight excluding hydrogens is 334 g/mol. The molecule has 0 radical (unpaired) electrons. The molecule has 5 nitrogen and oxygen atoms in total. The molecule has 0 aliphatic heterocycles. The van der Waals surface area contributed by atoms with Crippen LogP contribution >= 0.6 is 12.2 Å². The van der Waals surface area contributed by atoms with Crippen molar-refractivity contribution in [3.8, 4) is 11.4 Å². The van der Waals surface area contributed by atoms with Gasteiger partial charge in [0.25, 0.3) is 5.91 Å². The number of benzene rings is 2. The third kappa shape index (κ3) is 4.16. The number of imidazole rings is 1. The number of aromatic nitrogens is 2. The SMILES string of the molecule is Cc1ccc(OCC(=O)Nc2cccc(-n3cc[nH]c3=S)c2)c(C)c1. The van der Waals surface area contributed by atoms with E-state index < -0.39 is 0 Å². The predicted octanol–water partition coefficient (Wildman–Crippen LogP) is 4.17. The van der Waals surface area contributed by atoms with E-state index >= 15 is 0 Å². The van der Waals surface area contributed by atoms with Crippen LogP contribution in [-0.2, 0) is 4.79 Å². The van der Waals surface area contributed by atoms with Crippen molar-refractivity contribution in [1.82, 2.24) is 9.55 Å². The Morgan fingerprint density at radius 3 is 2.80 bits per heavy atom. The Kier molecular flexibility index (Phi) is 5.00. The lowest BCUT2D eigenvalue weighted by atomic mass is 10.1. The van der Waals surface area contributed by atoms with Crippen molar-refractivity contribution in [3.63, 3.8) is 0 Å². The van der Waals surface area contributed by atoms with Crippen LogP contribution in [0.2, 0.25) is 0 Å². The summed E-state index contributed by atoms with van der Waals surface area (Å²) in [5, 5.41) is 2.84. The predicted molar refractivity (Wildman–Crippen MR) is 101 cm³/mol. The lowest BCUT2D eigenvalue weighted by molar-refractivity contribution is -0.118. The highest BCUT2D eigenvalue weighted by Gasteiger charge is 2.07. The lowest BCUT2D eigenvalue weighted by Gasteiger charge is -2.11. The van der Waals surface area contributed by atoms with Crippen LogP contribution in [-0.4, -0.2) is 22.1 Å². The maximum atomic E-state index is 12.2. The van der Waals surface area contributed by atoms with E-state index in [0.29, 0.717) is 16.2 Å². The first kappa shape index (κ1) is 17.0. The van der Waals surface area contributed by atoms with E-state index in [1.165, 1.54) is 0 Å². The maximum Gasteiger partial charge on any atom is 0.262 e. The van der Waals surface area contributed by atoms with Crippen LogP contribution in [0.4, 0.5) is 5.69 Å². The minimum atomic E-state index is -0.213. The number of aryl methyl sites for hydroxylation is 2. The van der Waals surface area contributed by atoms with Crippen molar-refractivity contribution in [2.45, 2.75) is 13.8 Å². The van der Waals surface area contributed by atoms with Gasteiger partial charge in [0, 0.05) is 23.8 Å².